The standard InChI is InChI=1S/C16H21N3O2S.ClH/c17-9-12-5-3-4-8-18(12)15(20)10-19-13-6-1-2-7-14(13)22-11-16(19)21;/h1-2,6-7,12H,3-5,8-11,17H2;1H. The molecule has 2 aliphatic heterocycles. The lowest BCUT2D eigenvalue weighted by atomic mass is 10.0. The number of amides is 2. The molecular weight excluding hydrogens is 334 g/mol. The fourth-order valence-corrected chi connectivity index (χ4v) is 4.06. The molecule has 5 nitrogen and oxygen atoms in total. The maximum absolute atomic E-state index is 12.7. The van der Waals surface area contributed by atoms with Gasteiger partial charge in [-0.1, -0.05) is 12.1 Å². The Bertz CT molecular complexity index is 584. The van der Waals surface area contributed by atoms with Crippen molar-refractivity contribution in [2.45, 2.75) is 30.2 Å². The number of thioether (sulfide) groups is 1. The van der Waals surface area contributed by atoms with Crippen LogP contribution in [-0.4, -0.2) is 48.1 Å². The van der Waals surface area contributed by atoms with Crippen molar-refractivity contribution in [2.24, 2.45) is 5.73 Å². The largest absolute Gasteiger partial charge is 0.337 e. The van der Waals surface area contributed by atoms with E-state index in [0.717, 1.165) is 36.4 Å². The second-order valence-electron chi connectivity index (χ2n) is 5.71. The number of piperidine rings is 1. The van der Waals surface area contributed by atoms with E-state index in [1.807, 2.05) is 29.2 Å². The van der Waals surface area contributed by atoms with Crippen LogP contribution in [0.15, 0.2) is 29.2 Å². The second-order valence-corrected chi connectivity index (χ2v) is 6.73. The first-order valence-electron chi connectivity index (χ1n) is 7.72. The lowest BCUT2D eigenvalue weighted by molar-refractivity contribution is -0.134. The summed E-state index contributed by atoms with van der Waals surface area (Å²) in [6.45, 7) is 1.36. The van der Waals surface area contributed by atoms with Crippen molar-refractivity contribution in [3.63, 3.8) is 0 Å². The van der Waals surface area contributed by atoms with E-state index in [4.69, 9.17) is 5.73 Å². The summed E-state index contributed by atoms with van der Waals surface area (Å²) in [7, 11) is 0. The summed E-state index contributed by atoms with van der Waals surface area (Å²) >= 11 is 1.53. The number of hydrogen-bond donors (Lipinski definition) is 1. The monoisotopic (exact) mass is 355 g/mol. The third-order valence-electron chi connectivity index (χ3n) is 4.32. The van der Waals surface area contributed by atoms with Gasteiger partial charge in [0.25, 0.3) is 0 Å². The van der Waals surface area contributed by atoms with E-state index in [2.05, 4.69) is 0 Å². The van der Waals surface area contributed by atoms with Crippen LogP contribution in [0.3, 0.4) is 0 Å². The van der Waals surface area contributed by atoms with Gasteiger partial charge in [-0.25, -0.2) is 0 Å². The molecule has 2 heterocycles. The molecule has 0 spiro atoms. The summed E-state index contributed by atoms with van der Waals surface area (Å²) in [5.74, 6) is 0.397. The molecular formula is C16H22ClN3O2S. The van der Waals surface area contributed by atoms with E-state index in [-0.39, 0.29) is 36.8 Å². The minimum Gasteiger partial charge on any atom is -0.337 e. The van der Waals surface area contributed by atoms with E-state index in [0.29, 0.717) is 12.3 Å². The number of rotatable bonds is 3. The van der Waals surface area contributed by atoms with Crippen molar-refractivity contribution in [3.05, 3.63) is 24.3 Å². The molecule has 2 aliphatic rings. The van der Waals surface area contributed by atoms with Crippen molar-refractivity contribution >= 4 is 41.7 Å². The first-order valence-corrected chi connectivity index (χ1v) is 8.71. The number of hydrogen-bond acceptors (Lipinski definition) is 4. The van der Waals surface area contributed by atoms with E-state index in [1.165, 1.54) is 11.8 Å². The molecule has 0 saturated carbocycles. The fraction of sp³-hybridized carbons (Fsp3) is 0.500. The second kappa shape index (κ2) is 8.04. The third kappa shape index (κ3) is 3.82. The molecule has 0 radical (unpaired) electrons. The summed E-state index contributed by atoms with van der Waals surface area (Å²) < 4.78 is 0. The number of carbonyl (C=O) groups excluding carboxylic acids is 2. The predicted molar refractivity (Wildman–Crippen MR) is 95.2 cm³/mol. The zero-order valence-electron chi connectivity index (χ0n) is 12.9. The molecule has 0 aliphatic carbocycles. The molecule has 0 bridgehead atoms. The molecule has 2 amide bonds. The molecule has 1 aromatic carbocycles. The van der Waals surface area contributed by atoms with E-state index >= 15 is 0 Å². The first-order chi connectivity index (χ1) is 10.7. The van der Waals surface area contributed by atoms with Crippen LogP contribution in [0.2, 0.25) is 0 Å². The highest BCUT2D eigenvalue weighted by Crippen LogP contribution is 2.34. The molecule has 3 rings (SSSR count). The topological polar surface area (TPSA) is 66.6 Å². The predicted octanol–water partition coefficient (Wildman–Crippen LogP) is 1.89. The van der Waals surface area contributed by atoms with Gasteiger partial charge in [-0.05, 0) is 31.4 Å². The summed E-state index contributed by atoms with van der Waals surface area (Å²) in [6.07, 6.45) is 3.10. The van der Waals surface area contributed by atoms with Gasteiger partial charge in [0.2, 0.25) is 11.8 Å². The Hall–Kier alpha value is -1.24. The zero-order valence-corrected chi connectivity index (χ0v) is 14.6. The molecule has 1 unspecified atom stereocenters. The lowest BCUT2D eigenvalue weighted by Crippen LogP contribution is -2.52. The average molecular weight is 356 g/mol. The van der Waals surface area contributed by atoms with Crippen molar-refractivity contribution < 1.29 is 9.59 Å². The SMILES string of the molecule is Cl.NCC1CCCCN1C(=O)CN1C(=O)CSc2ccccc21. The van der Waals surface area contributed by atoms with Crippen LogP contribution in [0.1, 0.15) is 19.3 Å². The summed E-state index contributed by atoms with van der Waals surface area (Å²) in [6, 6.07) is 7.87. The molecule has 1 aromatic rings. The number of benzene rings is 1. The maximum Gasteiger partial charge on any atom is 0.242 e. The number of carbonyl (C=O) groups is 2. The number of anilines is 1. The van der Waals surface area contributed by atoms with E-state index in [1.54, 1.807) is 4.90 Å². The summed E-state index contributed by atoms with van der Waals surface area (Å²) in [5, 5.41) is 0. The number of nitrogens with two attached hydrogens (primary N) is 1. The fourth-order valence-electron chi connectivity index (χ4n) is 3.13. The van der Waals surface area contributed by atoms with Crippen LogP contribution in [0.4, 0.5) is 5.69 Å². The van der Waals surface area contributed by atoms with Crippen molar-refractivity contribution in [2.75, 3.05) is 30.3 Å². The highest BCUT2D eigenvalue weighted by Gasteiger charge is 2.31. The van der Waals surface area contributed by atoms with Crippen molar-refractivity contribution in [1.82, 2.24) is 4.90 Å². The Morgan fingerprint density at radius 3 is 2.87 bits per heavy atom. The van der Waals surface area contributed by atoms with Crippen LogP contribution < -0.4 is 10.6 Å². The summed E-state index contributed by atoms with van der Waals surface area (Å²) in [5.41, 5.74) is 6.64. The van der Waals surface area contributed by atoms with Crippen LogP contribution in [0, 0.1) is 0 Å². The minimum atomic E-state index is -0.00152. The molecule has 126 valence electrons. The Morgan fingerprint density at radius 1 is 1.30 bits per heavy atom. The van der Waals surface area contributed by atoms with Crippen LogP contribution in [0.25, 0.3) is 0 Å². The van der Waals surface area contributed by atoms with Gasteiger partial charge in [0.1, 0.15) is 6.54 Å². The molecule has 23 heavy (non-hydrogen) atoms. The highest BCUT2D eigenvalue weighted by molar-refractivity contribution is 8.00. The number of nitrogens with zero attached hydrogens (tertiary/aromatic N) is 2. The normalized spacial score (nSPS) is 20.7. The lowest BCUT2D eigenvalue weighted by Gasteiger charge is -2.37. The maximum atomic E-state index is 12.7. The van der Waals surface area contributed by atoms with Crippen molar-refractivity contribution in [3.8, 4) is 0 Å². The Labute approximate surface area is 147 Å². The highest BCUT2D eigenvalue weighted by atomic mass is 35.5. The first kappa shape index (κ1) is 18.1. The minimum absolute atomic E-state index is 0. The molecule has 2 N–H and O–H groups in total. The number of likely N-dealkylation sites (tertiary alicyclic amines) is 1. The van der Waals surface area contributed by atoms with Gasteiger partial charge in [-0.2, -0.15) is 0 Å². The van der Waals surface area contributed by atoms with Crippen LogP contribution in [-0.2, 0) is 9.59 Å². The van der Waals surface area contributed by atoms with Gasteiger partial charge in [0.05, 0.1) is 11.4 Å². The van der Waals surface area contributed by atoms with Gasteiger partial charge in [-0.15, -0.1) is 24.2 Å². The Balaban J connectivity index is 0.00000192. The average Bonchev–Trinajstić information content (AvgIpc) is 2.57. The number of fused-ring (bicyclic) bond motifs is 1. The van der Waals surface area contributed by atoms with Crippen molar-refractivity contribution in [1.29, 1.82) is 0 Å². The van der Waals surface area contributed by atoms with Gasteiger partial charge >= 0.3 is 0 Å². The molecule has 7 heteroatoms. The third-order valence-corrected chi connectivity index (χ3v) is 5.37. The van der Waals surface area contributed by atoms with Gasteiger partial charge < -0.3 is 15.5 Å². The zero-order chi connectivity index (χ0) is 15.5. The van der Waals surface area contributed by atoms with Gasteiger partial charge in [0, 0.05) is 24.0 Å². The molecule has 1 fully saturated rings. The van der Waals surface area contributed by atoms with Gasteiger partial charge in [-0.3, -0.25) is 9.59 Å². The number of halogens is 1. The number of para-hydroxylation sites is 1. The summed E-state index contributed by atoms with van der Waals surface area (Å²) in [4.78, 5) is 29.4. The van der Waals surface area contributed by atoms with E-state index in [9.17, 15) is 9.59 Å². The van der Waals surface area contributed by atoms with Crippen LogP contribution >= 0.6 is 24.2 Å². The molecule has 0 aromatic heterocycles. The quantitative estimate of drug-likeness (QED) is 0.899. The Kier molecular flexibility index (Phi) is 6.33. The Morgan fingerprint density at radius 2 is 2.09 bits per heavy atom. The molecule has 1 saturated heterocycles. The van der Waals surface area contributed by atoms with Crippen LogP contribution in [0.5, 0.6) is 0 Å². The molecule has 1 atom stereocenters. The van der Waals surface area contributed by atoms with E-state index < -0.39 is 0 Å². The van der Waals surface area contributed by atoms with Gasteiger partial charge in [0.15, 0.2) is 0 Å². The smallest absolute Gasteiger partial charge is 0.242 e.